The van der Waals surface area contributed by atoms with Crippen molar-refractivity contribution in [2.75, 3.05) is 25.0 Å². The van der Waals surface area contributed by atoms with Gasteiger partial charge >= 0.3 is 0 Å². The highest BCUT2D eigenvalue weighted by Gasteiger charge is 2.24. The van der Waals surface area contributed by atoms with Crippen molar-refractivity contribution in [1.29, 1.82) is 0 Å². The maximum Gasteiger partial charge on any atom is 0.151 e. The SMILES string of the molecule is CN(Cc1ccc(Cl)nc1)C1CCCN(c2cccnn2)C1. The Morgan fingerprint density at radius 3 is 3.00 bits per heavy atom. The Kier molecular flexibility index (Phi) is 4.85. The molecule has 0 bridgehead atoms. The second-order valence-corrected chi connectivity index (χ2v) is 6.12. The second-order valence-electron chi connectivity index (χ2n) is 5.73. The van der Waals surface area contributed by atoms with E-state index >= 15 is 0 Å². The zero-order valence-corrected chi connectivity index (χ0v) is 13.4. The van der Waals surface area contributed by atoms with Crippen LogP contribution in [0, 0.1) is 0 Å². The third-order valence-corrected chi connectivity index (χ3v) is 4.35. The first kappa shape index (κ1) is 15.2. The second kappa shape index (κ2) is 7.03. The predicted molar refractivity (Wildman–Crippen MR) is 88.0 cm³/mol. The average Bonchev–Trinajstić information content (AvgIpc) is 2.58. The van der Waals surface area contributed by atoms with Gasteiger partial charge in [-0.25, -0.2) is 4.98 Å². The topological polar surface area (TPSA) is 45.2 Å². The molecule has 22 heavy (non-hydrogen) atoms. The summed E-state index contributed by atoms with van der Waals surface area (Å²) in [4.78, 5) is 8.85. The van der Waals surface area contributed by atoms with Crippen molar-refractivity contribution in [2.45, 2.75) is 25.4 Å². The smallest absolute Gasteiger partial charge is 0.151 e. The molecule has 0 N–H and O–H groups in total. The standard InChI is InChI=1S/C16H20ClN5/c1-21(11-13-6-7-15(17)18-10-13)14-4-3-9-22(12-14)16-5-2-8-19-20-16/h2,5-8,10,14H,3-4,9,11-12H2,1H3. The Morgan fingerprint density at radius 1 is 1.36 bits per heavy atom. The van der Waals surface area contributed by atoms with Crippen LogP contribution in [0.2, 0.25) is 5.15 Å². The van der Waals surface area contributed by atoms with E-state index in [2.05, 4.69) is 32.0 Å². The van der Waals surface area contributed by atoms with E-state index in [0.717, 1.165) is 25.5 Å². The number of halogens is 1. The van der Waals surface area contributed by atoms with Crippen molar-refractivity contribution in [3.63, 3.8) is 0 Å². The van der Waals surface area contributed by atoms with Crippen molar-refractivity contribution >= 4 is 17.4 Å². The quantitative estimate of drug-likeness (QED) is 0.811. The fourth-order valence-electron chi connectivity index (χ4n) is 2.90. The summed E-state index contributed by atoms with van der Waals surface area (Å²) in [5.74, 6) is 0.966. The molecule has 1 saturated heterocycles. The van der Waals surface area contributed by atoms with Crippen LogP contribution in [0.15, 0.2) is 36.7 Å². The molecule has 2 aromatic rings. The third kappa shape index (κ3) is 3.72. The van der Waals surface area contributed by atoms with Gasteiger partial charge in [-0.15, -0.1) is 5.10 Å². The van der Waals surface area contributed by atoms with Gasteiger partial charge in [0.05, 0.1) is 0 Å². The van der Waals surface area contributed by atoms with Crippen LogP contribution < -0.4 is 4.90 Å². The van der Waals surface area contributed by atoms with Crippen LogP contribution in [-0.2, 0) is 6.54 Å². The highest BCUT2D eigenvalue weighted by atomic mass is 35.5. The predicted octanol–water partition coefficient (Wildman–Crippen LogP) is 2.63. The maximum atomic E-state index is 5.84. The molecular weight excluding hydrogens is 298 g/mol. The largest absolute Gasteiger partial charge is 0.354 e. The number of nitrogens with zero attached hydrogens (tertiary/aromatic N) is 5. The summed E-state index contributed by atoms with van der Waals surface area (Å²) in [6.07, 6.45) is 5.94. The Hall–Kier alpha value is -1.72. The minimum absolute atomic E-state index is 0.506. The van der Waals surface area contributed by atoms with Gasteiger partial charge in [0.2, 0.25) is 0 Å². The van der Waals surface area contributed by atoms with Crippen molar-refractivity contribution in [1.82, 2.24) is 20.1 Å². The van der Waals surface area contributed by atoms with E-state index in [1.807, 2.05) is 30.5 Å². The summed E-state index contributed by atoms with van der Waals surface area (Å²) >= 11 is 5.84. The van der Waals surface area contributed by atoms with Crippen molar-refractivity contribution in [2.24, 2.45) is 0 Å². The van der Waals surface area contributed by atoms with Crippen molar-refractivity contribution in [3.8, 4) is 0 Å². The summed E-state index contributed by atoms with van der Waals surface area (Å²) in [6.45, 7) is 2.91. The number of anilines is 1. The van der Waals surface area contributed by atoms with Gasteiger partial charge in [0.25, 0.3) is 0 Å². The number of aromatic nitrogens is 3. The average molecular weight is 318 g/mol. The Morgan fingerprint density at radius 2 is 2.27 bits per heavy atom. The van der Waals surface area contributed by atoms with Gasteiger partial charge < -0.3 is 4.90 Å². The molecule has 6 heteroatoms. The molecule has 0 aromatic carbocycles. The molecule has 0 radical (unpaired) electrons. The molecule has 1 aliphatic heterocycles. The van der Waals surface area contributed by atoms with Gasteiger partial charge in [-0.05, 0) is 43.7 Å². The number of rotatable bonds is 4. The van der Waals surface area contributed by atoms with E-state index in [-0.39, 0.29) is 0 Å². The highest BCUT2D eigenvalue weighted by molar-refractivity contribution is 6.29. The Labute approximate surface area is 135 Å². The number of piperidine rings is 1. The number of hydrogen-bond donors (Lipinski definition) is 0. The minimum atomic E-state index is 0.506. The molecular formula is C16H20ClN5. The monoisotopic (exact) mass is 317 g/mol. The lowest BCUT2D eigenvalue weighted by atomic mass is 10.0. The minimum Gasteiger partial charge on any atom is -0.354 e. The fraction of sp³-hybridized carbons (Fsp3) is 0.438. The Bertz CT molecular complexity index is 589. The van der Waals surface area contributed by atoms with Gasteiger partial charge in [0, 0.05) is 38.1 Å². The summed E-state index contributed by atoms with van der Waals surface area (Å²) in [5, 5.41) is 8.74. The molecule has 2 aromatic heterocycles. The Balaban J connectivity index is 1.62. The third-order valence-electron chi connectivity index (χ3n) is 4.12. The van der Waals surface area contributed by atoms with E-state index in [0.29, 0.717) is 11.2 Å². The van der Waals surface area contributed by atoms with Crippen LogP contribution in [-0.4, -0.2) is 46.3 Å². The number of hydrogen-bond acceptors (Lipinski definition) is 5. The molecule has 1 unspecified atom stereocenters. The van der Waals surface area contributed by atoms with Crippen molar-refractivity contribution in [3.05, 3.63) is 47.4 Å². The van der Waals surface area contributed by atoms with Crippen LogP contribution in [0.25, 0.3) is 0 Å². The van der Waals surface area contributed by atoms with E-state index in [4.69, 9.17) is 11.6 Å². The van der Waals surface area contributed by atoms with Crippen LogP contribution in [0.3, 0.4) is 0 Å². The van der Waals surface area contributed by atoms with Crippen LogP contribution >= 0.6 is 11.6 Å². The van der Waals surface area contributed by atoms with Gasteiger partial charge in [-0.1, -0.05) is 17.7 Å². The van der Waals surface area contributed by atoms with Crippen molar-refractivity contribution < 1.29 is 0 Å². The molecule has 1 atom stereocenters. The summed E-state index contributed by atoms with van der Waals surface area (Å²) in [5.41, 5.74) is 1.18. The van der Waals surface area contributed by atoms with Gasteiger partial charge in [-0.2, -0.15) is 5.10 Å². The normalized spacial score (nSPS) is 18.7. The summed E-state index contributed by atoms with van der Waals surface area (Å²) < 4.78 is 0. The molecule has 3 rings (SSSR count). The lowest BCUT2D eigenvalue weighted by Gasteiger charge is -2.38. The summed E-state index contributed by atoms with van der Waals surface area (Å²) in [6, 6.07) is 8.35. The number of likely N-dealkylation sites (N-methyl/N-ethyl adjacent to an activating group) is 1. The van der Waals surface area contributed by atoms with E-state index < -0.39 is 0 Å². The molecule has 0 aliphatic carbocycles. The van der Waals surface area contributed by atoms with Crippen LogP contribution in [0.5, 0.6) is 0 Å². The van der Waals surface area contributed by atoms with E-state index in [1.165, 1.54) is 18.4 Å². The highest BCUT2D eigenvalue weighted by Crippen LogP contribution is 2.20. The van der Waals surface area contributed by atoms with Gasteiger partial charge in [0.1, 0.15) is 5.15 Å². The fourth-order valence-corrected chi connectivity index (χ4v) is 3.01. The molecule has 0 amide bonds. The molecule has 116 valence electrons. The maximum absolute atomic E-state index is 5.84. The molecule has 0 spiro atoms. The van der Waals surface area contributed by atoms with Gasteiger partial charge in [-0.3, -0.25) is 4.90 Å². The lowest BCUT2D eigenvalue weighted by Crippen LogP contribution is -2.46. The lowest BCUT2D eigenvalue weighted by molar-refractivity contribution is 0.207. The van der Waals surface area contributed by atoms with E-state index in [1.54, 1.807) is 6.20 Å². The van der Waals surface area contributed by atoms with Gasteiger partial charge in [0.15, 0.2) is 5.82 Å². The molecule has 3 heterocycles. The zero-order valence-electron chi connectivity index (χ0n) is 12.7. The first-order valence-electron chi connectivity index (χ1n) is 7.56. The molecule has 1 aliphatic rings. The van der Waals surface area contributed by atoms with E-state index in [9.17, 15) is 0 Å². The molecule has 5 nitrogen and oxygen atoms in total. The van der Waals surface area contributed by atoms with Crippen LogP contribution in [0.1, 0.15) is 18.4 Å². The summed E-state index contributed by atoms with van der Waals surface area (Å²) in [7, 11) is 2.17. The molecule has 1 fully saturated rings. The number of pyridine rings is 1. The zero-order chi connectivity index (χ0) is 15.4. The van der Waals surface area contributed by atoms with Crippen LogP contribution in [0.4, 0.5) is 5.82 Å². The first-order chi connectivity index (χ1) is 10.7. The first-order valence-corrected chi connectivity index (χ1v) is 7.93. The molecule has 0 saturated carbocycles.